The summed E-state index contributed by atoms with van der Waals surface area (Å²) in [4.78, 5) is 14.7. The van der Waals surface area contributed by atoms with Gasteiger partial charge in [0.25, 0.3) is 0 Å². The van der Waals surface area contributed by atoms with Gasteiger partial charge in [0, 0.05) is 23.1 Å². The number of carboxylic acid groups (broad SMARTS) is 1. The molecule has 1 aromatic carbocycles. The second-order valence-electron chi connectivity index (χ2n) is 3.45. The van der Waals surface area contributed by atoms with Crippen molar-refractivity contribution >= 4 is 53.9 Å². The van der Waals surface area contributed by atoms with E-state index in [-0.39, 0.29) is 46.8 Å². The zero-order valence-electron chi connectivity index (χ0n) is 9.16. The second kappa shape index (κ2) is 7.68. The molecule has 0 aliphatic rings. The Morgan fingerprint density at radius 1 is 1.44 bits per heavy atom. The van der Waals surface area contributed by atoms with E-state index >= 15 is 0 Å². The van der Waals surface area contributed by atoms with Crippen molar-refractivity contribution < 1.29 is 20.1 Å². The molecule has 18 heavy (non-hydrogen) atoms. The summed E-state index contributed by atoms with van der Waals surface area (Å²) in [7, 11) is 0. The molecule has 0 radical (unpaired) electrons. The Morgan fingerprint density at radius 3 is 2.50 bits per heavy atom. The molecule has 0 fully saturated rings. The van der Waals surface area contributed by atoms with E-state index in [1.165, 1.54) is 18.2 Å². The van der Waals surface area contributed by atoms with Gasteiger partial charge >= 0.3 is 35.5 Å². The summed E-state index contributed by atoms with van der Waals surface area (Å²) in [5.41, 5.74) is 0.764. The van der Waals surface area contributed by atoms with E-state index in [4.69, 9.17) is 10.2 Å². The van der Waals surface area contributed by atoms with Gasteiger partial charge in [-0.3, -0.25) is 4.99 Å². The first-order valence-corrected chi connectivity index (χ1v) is 5.49. The van der Waals surface area contributed by atoms with Crippen LogP contribution >= 0.6 is 12.6 Å². The van der Waals surface area contributed by atoms with E-state index in [1.54, 1.807) is 6.92 Å². The predicted octanol–water partition coefficient (Wildman–Crippen LogP) is 0.641. The summed E-state index contributed by atoms with van der Waals surface area (Å²) in [6, 6.07) is 3.09. The van der Waals surface area contributed by atoms with Gasteiger partial charge in [-0.1, -0.05) is 0 Å². The van der Waals surface area contributed by atoms with Gasteiger partial charge in [0.2, 0.25) is 0 Å². The van der Waals surface area contributed by atoms with E-state index in [0.717, 1.165) is 0 Å². The fourth-order valence-electron chi connectivity index (χ4n) is 1.30. The van der Waals surface area contributed by atoms with Crippen molar-refractivity contribution in [1.29, 1.82) is 0 Å². The Hall–Kier alpha value is -0.690. The van der Waals surface area contributed by atoms with Gasteiger partial charge in [0.05, 0.1) is 0 Å². The maximum absolute atomic E-state index is 10.8. The molecule has 0 spiro atoms. The number of hydrogen-bond donors (Lipinski definition) is 4. The van der Waals surface area contributed by atoms with Gasteiger partial charge in [-0.2, -0.15) is 12.6 Å². The first-order valence-electron chi connectivity index (χ1n) is 4.86. The molecule has 1 aromatic rings. The van der Waals surface area contributed by atoms with Gasteiger partial charge in [-0.15, -0.1) is 0 Å². The number of benzene rings is 1. The summed E-state index contributed by atoms with van der Waals surface area (Å²) in [6.07, 6.45) is 0. The molecule has 1 atom stereocenters. The number of phenolic OH excluding ortho intramolecular Hbond substituents is 2. The number of aliphatic carboxylic acids is 1. The summed E-state index contributed by atoms with van der Waals surface area (Å²) < 4.78 is 0. The second-order valence-corrected chi connectivity index (χ2v) is 3.82. The van der Waals surface area contributed by atoms with Crippen LogP contribution in [-0.2, 0) is 4.79 Å². The number of carbonyl (C=O) groups is 1. The number of aliphatic imine (C=N–C) groups is 1. The number of thiol groups is 1. The Labute approximate surface area is 132 Å². The minimum atomic E-state index is -1.07. The topological polar surface area (TPSA) is 90.1 Å². The summed E-state index contributed by atoms with van der Waals surface area (Å²) in [5, 5.41) is 27.5. The molecule has 0 aliphatic carbocycles. The molecule has 0 amide bonds. The predicted molar refractivity (Wildman–Crippen MR) is 74.4 cm³/mol. The molecule has 0 heterocycles. The number of hydrogen-bond acceptors (Lipinski definition) is 5. The van der Waals surface area contributed by atoms with E-state index in [1.807, 2.05) is 0 Å². The van der Waals surface area contributed by atoms with E-state index in [2.05, 4.69) is 17.6 Å². The summed E-state index contributed by atoms with van der Waals surface area (Å²) in [6.45, 7) is 1.59. The molecular weight excluding hydrogens is 265 g/mol. The normalized spacial score (nSPS) is 12.7. The molecule has 1 rings (SSSR count). The Kier molecular flexibility index (Phi) is 7.39. The quantitative estimate of drug-likeness (QED) is 0.370. The van der Waals surface area contributed by atoms with Gasteiger partial charge < -0.3 is 15.3 Å². The Bertz CT molecular complexity index is 464. The zero-order valence-corrected chi connectivity index (χ0v) is 10.1. The van der Waals surface area contributed by atoms with Gasteiger partial charge in [-0.05, 0) is 19.1 Å². The molecule has 7 heteroatoms. The van der Waals surface area contributed by atoms with Crippen LogP contribution in [0.5, 0.6) is 11.5 Å². The molecular formula is C11H14NNaO4S. The monoisotopic (exact) mass is 279 g/mol. The molecule has 94 valence electrons. The number of carboxylic acids is 1. The number of aromatic hydroxyl groups is 2. The third kappa shape index (κ3) is 4.53. The molecule has 0 saturated heterocycles. The third-order valence-corrected chi connectivity index (χ3v) is 2.52. The van der Waals surface area contributed by atoms with Crippen LogP contribution in [0, 0.1) is 0 Å². The standard InChI is InChI=1S/C11H13NO4S.Na.H/c1-6(12-9(5-17)11(15)16)8-3-2-7(13)4-10(8)14;;/h2-4,9,13-14,17H,5H2,1H3,(H,15,16);;. The van der Waals surface area contributed by atoms with Gasteiger partial charge in [0.15, 0.2) is 6.04 Å². The van der Waals surface area contributed by atoms with Crippen molar-refractivity contribution in [3.63, 3.8) is 0 Å². The summed E-state index contributed by atoms with van der Waals surface area (Å²) in [5.74, 6) is -1.21. The Balaban J connectivity index is 0.00000289. The van der Waals surface area contributed by atoms with Gasteiger partial charge in [0.1, 0.15) is 11.5 Å². The maximum atomic E-state index is 10.8. The Morgan fingerprint density at radius 2 is 2.06 bits per heavy atom. The molecule has 1 unspecified atom stereocenters. The van der Waals surface area contributed by atoms with Gasteiger partial charge in [-0.25, -0.2) is 4.79 Å². The minimum absolute atomic E-state index is 0. The zero-order chi connectivity index (χ0) is 13.0. The molecule has 0 bridgehead atoms. The van der Waals surface area contributed by atoms with Crippen molar-refractivity contribution in [3.8, 4) is 11.5 Å². The SMILES string of the molecule is CC(=NC(CS)C(=O)O)c1ccc(O)cc1O.[NaH]. The van der Waals surface area contributed by atoms with Crippen molar-refractivity contribution in [2.45, 2.75) is 13.0 Å². The van der Waals surface area contributed by atoms with E-state index in [9.17, 15) is 9.90 Å². The number of rotatable bonds is 4. The van der Waals surface area contributed by atoms with Crippen LogP contribution in [0.1, 0.15) is 12.5 Å². The van der Waals surface area contributed by atoms with E-state index in [0.29, 0.717) is 11.3 Å². The first kappa shape index (κ1) is 17.3. The van der Waals surface area contributed by atoms with Crippen LogP contribution < -0.4 is 0 Å². The first-order chi connectivity index (χ1) is 7.95. The average molecular weight is 279 g/mol. The fraction of sp³-hybridized carbons (Fsp3) is 0.273. The molecule has 5 nitrogen and oxygen atoms in total. The van der Waals surface area contributed by atoms with Crippen LogP contribution in [0.2, 0.25) is 0 Å². The van der Waals surface area contributed by atoms with Crippen molar-refractivity contribution in [3.05, 3.63) is 23.8 Å². The van der Waals surface area contributed by atoms with Crippen LogP contribution in [0.4, 0.5) is 0 Å². The fourth-order valence-corrected chi connectivity index (χ4v) is 1.54. The molecule has 0 saturated carbocycles. The number of phenols is 2. The average Bonchev–Trinajstić information content (AvgIpc) is 2.24. The van der Waals surface area contributed by atoms with E-state index < -0.39 is 12.0 Å². The number of nitrogens with zero attached hydrogens (tertiary/aromatic N) is 1. The molecule has 3 N–H and O–H groups in total. The molecule has 0 aromatic heterocycles. The van der Waals surface area contributed by atoms with Crippen LogP contribution in [0.3, 0.4) is 0 Å². The van der Waals surface area contributed by atoms with Crippen LogP contribution in [0.25, 0.3) is 0 Å². The summed E-state index contributed by atoms with van der Waals surface area (Å²) >= 11 is 3.89. The van der Waals surface area contributed by atoms with Crippen molar-refractivity contribution in [2.24, 2.45) is 4.99 Å². The molecule has 0 aliphatic heterocycles. The van der Waals surface area contributed by atoms with Crippen LogP contribution in [-0.4, -0.2) is 68.4 Å². The third-order valence-electron chi connectivity index (χ3n) is 2.18. The van der Waals surface area contributed by atoms with Crippen molar-refractivity contribution in [1.82, 2.24) is 0 Å². The van der Waals surface area contributed by atoms with Crippen LogP contribution in [0.15, 0.2) is 23.2 Å². The van der Waals surface area contributed by atoms with Crippen molar-refractivity contribution in [2.75, 3.05) is 5.75 Å².